The summed E-state index contributed by atoms with van der Waals surface area (Å²) in [5.41, 5.74) is 0.600. The second-order valence-electron chi connectivity index (χ2n) is 4.22. The SMILES string of the molecule is CS(=O)(=O)CCCC(C(=O)O)c1cccc(Cl)c1. The van der Waals surface area contributed by atoms with E-state index in [1.54, 1.807) is 24.3 Å². The number of sulfone groups is 1. The summed E-state index contributed by atoms with van der Waals surface area (Å²) in [5.74, 6) is -1.69. The van der Waals surface area contributed by atoms with Crippen LogP contribution in [0.5, 0.6) is 0 Å². The largest absolute Gasteiger partial charge is 0.481 e. The van der Waals surface area contributed by atoms with Crippen LogP contribution in [0.3, 0.4) is 0 Å². The Morgan fingerprint density at radius 3 is 2.61 bits per heavy atom. The van der Waals surface area contributed by atoms with E-state index in [4.69, 9.17) is 16.7 Å². The minimum atomic E-state index is -3.05. The highest BCUT2D eigenvalue weighted by molar-refractivity contribution is 7.90. The summed E-state index contributed by atoms with van der Waals surface area (Å²) in [4.78, 5) is 11.2. The highest BCUT2D eigenvalue weighted by Gasteiger charge is 2.20. The van der Waals surface area contributed by atoms with E-state index in [0.29, 0.717) is 17.0 Å². The van der Waals surface area contributed by atoms with Crippen molar-refractivity contribution in [3.63, 3.8) is 0 Å². The maximum Gasteiger partial charge on any atom is 0.310 e. The van der Waals surface area contributed by atoms with Crippen molar-refractivity contribution in [3.05, 3.63) is 34.9 Å². The van der Waals surface area contributed by atoms with Crippen molar-refractivity contribution in [2.45, 2.75) is 18.8 Å². The number of rotatable bonds is 6. The van der Waals surface area contributed by atoms with E-state index in [1.165, 1.54) is 0 Å². The van der Waals surface area contributed by atoms with Gasteiger partial charge in [0.15, 0.2) is 0 Å². The molecule has 1 atom stereocenters. The molecule has 0 aliphatic heterocycles. The lowest BCUT2D eigenvalue weighted by Gasteiger charge is -2.12. The average Bonchev–Trinajstić information content (AvgIpc) is 2.22. The molecule has 100 valence electrons. The lowest BCUT2D eigenvalue weighted by atomic mass is 9.95. The molecule has 0 fully saturated rings. The molecule has 6 heteroatoms. The van der Waals surface area contributed by atoms with Crippen LogP contribution in [0.1, 0.15) is 24.3 Å². The summed E-state index contributed by atoms with van der Waals surface area (Å²) in [5, 5.41) is 9.63. The van der Waals surface area contributed by atoms with Crippen molar-refractivity contribution in [2.75, 3.05) is 12.0 Å². The molecule has 0 aliphatic carbocycles. The van der Waals surface area contributed by atoms with Crippen LogP contribution in [0.2, 0.25) is 5.02 Å². The highest BCUT2D eigenvalue weighted by Crippen LogP contribution is 2.24. The molecular formula is C12H15ClO4S. The lowest BCUT2D eigenvalue weighted by molar-refractivity contribution is -0.139. The van der Waals surface area contributed by atoms with Gasteiger partial charge in [-0.25, -0.2) is 8.42 Å². The third-order valence-electron chi connectivity index (χ3n) is 2.56. The molecule has 0 spiro atoms. The summed E-state index contributed by atoms with van der Waals surface area (Å²) in [6.07, 6.45) is 1.74. The molecule has 0 aromatic heterocycles. The number of halogens is 1. The van der Waals surface area contributed by atoms with Crippen LogP contribution in [0.15, 0.2) is 24.3 Å². The van der Waals surface area contributed by atoms with Gasteiger partial charge in [-0.1, -0.05) is 23.7 Å². The molecular weight excluding hydrogens is 276 g/mol. The maximum absolute atomic E-state index is 11.2. The number of aliphatic carboxylic acids is 1. The number of hydrogen-bond acceptors (Lipinski definition) is 3. The first kappa shape index (κ1) is 15.0. The fourth-order valence-corrected chi connectivity index (χ4v) is 2.60. The van der Waals surface area contributed by atoms with E-state index in [0.717, 1.165) is 6.26 Å². The van der Waals surface area contributed by atoms with E-state index < -0.39 is 21.7 Å². The molecule has 18 heavy (non-hydrogen) atoms. The van der Waals surface area contributed by atoms with Gasteiger partial charge in [0.2, 0.25) is 0 Å². The predicted octanol–water partition coefficient (Wildman–Crippen LogP) is 2.33. The monoisotopic (exact) mass is 290 g/mol. The fraction of sp³-hybridized carbons (Fsp3) is 0.417. The normalized spacial score (nSPS) is 13.2. The zero-order chi connectivity index (χ0) is 13.8. The molecule has 1 rings (SSSR count). The van der Waals surface area contributed by atoms with Crippen molar-refractivity contribution in [1.29, 1.82) is 0 Å². The van der Waals surface area contributed by atoms with Gasteiger partial charge in [0.1, 0.15) is 9.84 Å². The molecule has 1 aromatic rings. The lowest BCUT2D eigenvalue weighted by Crippen LogP contribution is -2.13. The molecule has 0 radical (unpaired) electrons. The van der Waals surface area contributed by atoms with Gasteiger partial charge in [-0.2, -0.15) is 0 Å². The van der Waals surface area contributed by atoms with Gasteiger partial charge in [-0.3, -0.25) is 4.79 Å². The minimum absolute atomic E-state index is 0.00263. The van der Waals surface area contributed by atoms with Gasteiger partial charge in [-0.05, 0) is 30.5 Å². The molecule has 1 unspecified atom stereocenters. The van der Waals surface area contributed by atoms with Crippen LogP contribution in [0.4, 0.5) is 0 Å². The van der Waals surface area contributed by atoms with E-state index >= 15 is 0 Å². The number of carbonyl (C=O) groups is 1. The first-order chi connectivity index (χ1) is 8.29. The Kier molecular flexibility index (Phi) is 5.16. The van der Waals surface area contributed by atoms with Crippen molar-refractivity contribution >= 4 is 27.4 Å². The summed E-state index contributed by atoms with van der Waals surface area (Å²) >= 11 is 5.81. The Hall–Kier alpha value is -1.07. The number of carboxylic acids is 1. The first-order valence-corrected chi connectivity index (χ1v) is 7.89. The quantitative estimate of drug-likeness (QED) is 0.873. The van der Waals surface area contributed by atoms with Crippen LogP contribution in [0, 0.1) is 0 Å². The van der Waals surface area contributed by atoms with Crippen molar-refractivity contribution in [2.24, 2.45) is 0 Å². The van der Waals surface area contributed by atoms with Crippen molar-refractivity contribution in [1.82, 2.24) is 0 Å². The summed E-state index contributed by atoms with van der Waals surface area (Å²) < 4.78 is 22.0. The second kappa shape index (κ2) is 6.20. The van der Waals surface area contributed by atoms with Gasteiger partial charge < -0.3 is 5.11 Å². The Bertz CT molecular complexity index is 525. The van der Waals surface area contributed by atoms with Crippen molar-refractivity contribution in [3.8, 4) is 0 Å². The Morgan fingerprint density at radius 1 is 1.44 bits per heavy atom. The molecule has 0 saturated heterocycles. The topological polar surface area (TPSA) is 71.4 Å². The Balaban J connectivity index is 2.75. The maximum atomic E-state index is 11.2. The van der Waals surface area contributed by atoms with Gasteiger partial charge >= 0.3 is 5.97 Å². The second-order valence-corrected chi connectivity index (χ2v) is 6.91. The molecule has 0 aliphatic rings. The third kappa shape index (κ3) is 5.06. The first-order valence-electron chi connectivity index (χ1n) is 5.45. The minimum Gasteiger partial charge on any atom is -0.481 e. The molecule has 4 nitrogen and oxygen atoms in total. The van der Waals surface area contributed by atoms with Gasteiger partial charge in [-0.15, -0.1) is 0 Å². The van der Waals surface area contributed by atoms with E-state index in [-0.39, 0.29) is 12.2 Å². The van der Waals surface area contributed by atoms with Gasteiger partial charge in [0, 0.05) is 17.0 Å². The van der Waals surface area contributed by atoms with E-state index in [9.17, 15) is 13.2 Å². The third-order valence-corrected chi connectivity index (χ3v) is 3.82. The van der Waals surface area contributed by atoms with Crippen LogP contribution < -0.4 is 0 Å². The zero-order valence-corrected chi connectivity index (χ0v) is 11.5. The van der Waals surface area contributed by atoms with Gasteiger partial charge in [0.05, 0.1) is 5.92 Å². The van der Waals surface area contributed by atoms with Crippen LogP contribution in [0.25, 0.3) is 0 Å². The molecule has 1 N–H and O–H groups in total. The van der Waals surface area contributed by atoms with Crippen LogP contribution >= 0.6 is 11.6 Å². The van der Waals surface area contributed by atoms with Gasteiger partial charge in [0.25, 0.3) is 0 Å². The average molecular weight is 291 g/mol. The predicted molar refractivity (Wildman–Crippen MR) is 70.8 cm³/mol. The number of hydrogen-bond donors (Lipinski definition) is 1. The fourth-order valence-electron chi connectivity index (χ4n) is 1.71. The molecule has 0 bridgehead atoms. The smallest absolute Gasteiger partial charge is 0.310 e. The molecule has 1 aromatic carbocycles. The van der Waals surface area contributed by atoms with E-state index in [1.807, 2.05) is 0 Å². The Labute approximate surface area is 112 Å². The molecule has 0 heterocycles. The molecule has 0 amide bonds. The van der Waals surface area contributed by atoms with Crippen LogP contribution in [-0.4, -0.2) is 31.5 Å². The standard InChI is InChI=1S/C12H15ClO4S/c1-18(16,17)7-3-6-11(12(14)15)9-4-2-5-10(13)8-9/h2,4-5,8,11H,3,6-7H2,1H3,(H,14,15). The summed E-state index contributed by atoms with van der Waals surface area (Å²) in [6, 6.07) is 6.64. The zero-order valence-electron chi connectivity index (χ0n) is 9.97. The number of carboxylic acid groups (broad SMARTS) is 1. The number of benzene rings is 1. The molecule has 0 saturated carbocycles. The highest BCUT2D eigenvalue weighted by atomic mass is 35.5. The Morgan fingerprint density at radius 2 is 2.11 bits per heavy atom. The van der Waals surface area contributed by atoms with Crippen LogP contribution in [-0.2, 0) is 14.6 Å². The summed E-state index contributed by atoms with van der Waals surface area (Å²) in [7, 11) is -3.05. The van der Waals surface area contributed by atoms with E-state index in [2.05, 4.69) is 0 Å². The van der Waals surface area contributed by atoms with Crippen molar-refractivity contribution < 1.29 is 18.3 Å². The summed E-state index contributed by atoms with van der Waals surface area (Å²) in [6.45, 7) is 0.